The summed E-state index contributed by atoms with van der Waals surface area (Å²) in [7, 11) is 0. The third-order valence-electron chi connectivity index (χ3n) is 8.48. The molecule has 4 fully saturated rings. The molecule has 5 heteroatoms. The van der Waals surface area contributed by atoms with Crippen LogP contribution in [0.15, 0.2) is 0 Å². The summed E-state index contributed by atoms with van der Waals surface area (Å²) in [6.45, 7) is 6.88. The zero-order valence-electron chi connectivity index (χ0n) is 18.0. The molecule has 3 N–H and O–H groups in total. The molecule has 5 aliphatic rings. The quantitative estimate of drug-likeness (QED) is 0.718. The molecule has 1 aromatic rings. The number of carbonyl (C=O) groups excluding carboxylic acids is 2. The van der Waals surface area contributed by atoms with Gasteiger partial charge in [0.2, 0.25) is 5.91 Å². The SMILES string of the molecule is CC(C)(C)[C@H]1CCc2c(sc(NC(=O)C34CC5CC(CC(C5)C3)C4)c2C(N)=O)C1. The molecule has 1 heterocycles. The van der Waals surface area contributed by atoms with Gasteiger partial charge in [0.05, 0.1) is 11.0 Å². The second-order valence-corrected chi connectivity index (χ2v) is 12.6. The Bertz CT molecular complexity index is 828. The lowest BCUT2D eigenvalue weighted by molar-refractivity contribution is -0.140. The van der Waals surface area contributed by atoms with Gasteiger partial charge in [0.1, 0.15) is 5.00 Å². The summed E-state index contributed by atoms with van der Waals surface area (Å²) < 4.78 is 0. The Hall–Kier alpha value is -1.36. The molecule has 0 aliphatic heterocycles. The molecule has 0 spiro atoms. The van der Waals surface area contributed by atoms with E-state index in [9.17, 15) is 9.59 Å². The number of fused-ring (bicyclic) bond motifs is 1. The Morgan fingerprint density at radius 2 is 1.66 bits per heavy atom. The Kier molecular flexibility index (Phi) is 4.44. The maximum atomic E-state index is 13.5. The van der Waals surface area contributed by atoms with Crippen LogP contribution in [-0.4, -0.2) is 11.8 Å². The molecule has 4 nitrogen and oxygen atoms in total. The highest BCUT2D eigenvalue weighted by molar-refractivity contribution is 7.17. The average molecular weight is 415 g/mol. The van der Waals surface area contributed by atoms with E-state index in [0.717, 1.165) is 66.8 Å². The van der Waals surface area contributed by atoms with Crippen molar-refractivity contribution in [2.75, 3.05) is 5.32 Å². The molecule has 4 bridgehead atoms. The zero-order valence-corrected chi connectivity index (χ0v) is 18.8. The van der Waals surface area contributed by atoms with Crippen LogP contribution in [0.5, 0.6) is 0 Å². The third-order valence-corrected chi connectivity index (χ3v) is 9.65. The lowest BCUT2D eigenvalue weighted by Gasteiger charge is -2.55. The number of amides is 2. The second-order valence-electron chi connectivity index (χ2n) is 11.5. The van der Waals surface area contributed by atoms with E-state index in [2.05, 4.69) is 26.1 Å². The summed E-state index contributed by atoms with van der Waals surface area (Å²) in [4.78, 5) is 27.1. The number of thiophene rings is 1. The smallest absolute Gasteiger partial charge is 0.251 e. The van der Waals surface area contributed by atoms with Gasteiger partial charge in [-0.05, 0) is 92.4 Å². The van der Waals surface area contributed by atoms with E-state index in [4.69, 9.17) is 5.73 Å². The minimum Gasteiger partial charge on any atom is -0.365 e. The van der Waals surface area contributed by atoms with Crippen molar-refractivity contribution in [3.8, 4) is 0 Å². The Labute approximate surface area is 178 Å². The van der Waals surface area contributed by atoms with Crippen molar-refractivity contribution in [3.63, 3.8) is 0 Å². The minimum atomic E-state index is -0.391. The number of carbonyl (C=O) groups is 2. The Balaban J connectivity index is 1.42. The molecule has 158 valence electrons. The third kappa shape index (κ3) is 3.24. The van der Waals surface area contributed by atoms with E-state index in [0.29, 0.717) is 11.5 Å². The van der Waals surface area contributed by atoms with Crippen molar-refractivity contribution in [1.82, 2.24) is 0 Å². The van der Waals surface area contributed by atoms with Crippen molar-refractivity contribution in [3.05, 3.63) is 16.0 Å². The Morgan fingerprint density at radius 3 is 2.17 bits per heavy atom. The van der Waals surface area contributed by atoms with Crippen LogP contribution in [0.25, 0.3) is 0 Å². The highest BCUT2D eigenvalue weighted by Crippen LogP contribution is 2.60. The summed E-state index contributed by atoms with van der Waals surface area (Å²) >= 11 is 1.61. The first kappa shape index (κ1) is 19.6. The van der Waals surface area contributed by atoms with Crippen molar-refractivity contribution >= 4 is 28.2 Å². The molecule has 0 aromatic carbocycles. The summed E-state index contributed by atoms with van der Waals surface area (Å²) in [5.41, 5.74) is 7.54. The zero-order chi connectivity index (χ0) is 20.6. The maximum Gasteiger partial charge on any atom is 0.251 e. The first-order chi connectivity index (χ1) is 13.6. The van der Waals surface area contributed by atoms with Gasteiger partial charge in [-0.1, -0.05) is 20.8 Å². The van der Waals surface area contributed by atoms with Gasteiger partial charge in [0.25, 0.3) is 5.91 Å². The molecule has 2 amide bonds. The summed E-state index contributed by atoms with van der Waals surface area (Å²) in [6.07, 6.45) is 10.0. The molecule has 0 saturated heterocycles. The van der Waals surface area contributed by atoms with Crippen LogP contribution >= 0.6 is 11.3 Å². The molecule has 6 rings (SSSR count). The summed E-state index contributed by atoms with van der Waals surface area (Å²) in [5.74, 6) is 2.55. The number of nitrogens with one attached hydrogen (secondary N) is 1. The molecule has 0 unspecified atom stereocenters. The predicted octanol–water partition coefficient (Wildman–Crippen LogP) is 5.15. The standard InChI is InChI=1S/C24H34N2O2S/c1-23(2,3)16-4-5-17-18(9-16)29-21(19(17)20(25)27)26-22(28)24-10-13-6-14(11-24)8-15(7-13)12-24/h13-16H,4-12H2,1-3H3,(H2,25,27)(H,26,28)/t13?,14?,15?,16-,24?/m0/s1. The number of hydrogen-bond donors (Lipinski definition) is 2. The number of anilines is 1. The molecule has 1 aromatic heterocycles. The van der Waals surface area contributed by atoms with Crippen LogP contribution in [0, 0.1) is 34.5 Å². The van der Waals surface area contributed by atoms with Crippen LogP contribution in [0.2, 0.25) is 0 Å². The summed E-state index contributed by atoms with van der Waals surface area (Å²) in [5, 5.41) is 3.96. The van der Waals surface area contributed by atoms with Crippen molar-refractivity contribution < 1.29 is 9.59 Å². The number of hydrogen-bond acceptors (Lipinski definition) is 3. The van der Waals surface area contributed by atoms with Gasteiger partial charge in [-0.25, -0.2) is 0 Å². The maximum absolute atomic E-state index is 13.5. The monoisotopic (exact) mass is 414 g/mol. The molecular weight excluding hydrogens is 380 g/mol. The minimum absolute atomic E-state index is 0.157. The van der Waals surface area contributed by atoms with Crippen molar-refractivity contribution in [1.29, 1.82) is 0 Å². The van der Waals surface area contributed by atoms with E-state index in [1.165, 1.54) is 24.1 Å². The van der Waals surface area contributed by atoms with Crippen molar-refractivity contribution in [2.24, 2.45) is 40.2 Å². The van der Waals surface area contributed by atoms with Crippen LogP contribution in [0.1, 0.15) is 86.5 Å². The molecule has 1 atom stereocenters. The van der Waals surface area contributed by atoms with Crippen LogP contribution in [0.4, 0.5) is 5.00 Å². The van der Waals surface area contributed by atoms with E-state index < -0.39 is 5.91 Å². The number of primary amides is 1. The van der Waals surface area contributed by atoms with Gasteiger partial charge in [-0.15, -0.1) is 11.3 Å². The normalized spacial score (nSPS) is 35.4. The fourth-order valence-corrected chi connectivity index (χ4v) is 8.63. The lowest BCUT2D eigenvalue weighted by atomic mass is 9.49. The average Bonchev–Trinajstić information content (AvgIpc) is 2.96. The van der Waals surface area contributed by atoms with E-state index >= 15 is 0 Å². The Morgan fingerprint density at radius 1 is 1.07 bits per heavy atom. The van der Waals surface area contributed by atoms with E-state index in [-0.39, 0.29) is 16.7 Å². The van der Waals surface area contributed by atoms with Gasteiger partial charge < -0.3 is 11.1 Å². The molecule has 4 saturated carbocycles. The molecular formula is C24H34N2O2S. The van der Waals surface area contributed by atoms with Crippen LogP contribution in [0.3, 0.4) is 0 Å². The van der Waals surface area contributed by atoms with Gasteiger partial charge in [0, 0.05) is 4.88 Å². The molecule has 29 heavy (non-hydrogen) atoms. The largest absolute Gasteiger partial charge is 0.365 e. The fourth-order valence-electron chi connectivity index (χ4n) is 7.30. The van der Waals surface area contributed by atoms with Gasteiger partial charge in [-0.2, -0.15) is 0 Å². The molecule has 0 radical (unpaired) electrons. The first-order valence-electron chi connectivity index (χ1n) is 11.4. The molecule has 5 aliphatic carbocycles. The predicted molar refractivity (Wildman–Crippen MR) is 117 cm³/mol. The lowest BCUT2D eigenvalue weighted by Crippen LogP contribution is -2.51. The first-order valence-corrected chi connectivity index (χ1v) is 12.2. The van der Waals surface area contributed by atoms with Crippen LogP contribution in [-0.2, 0) is 17.6 Å². The van der Waals surface area contributed by atoms with E-state index in [1.54, 1.807) is 11.3 Å². The number of rotatable bonds is 3. The second kappa shape index (κ2) is 6.57. The number of nitrogens with two attached hydrogens (primary N) is 1. The fraction of sp³-hybridized carbons (Fsp3) is 0.750. The highest BCUT2D eigenvalue weighted by atomic mass is 32.1. The highest BCUT2D eigenvalue weighted by Gasteiger charge is 2.54. The van der Waals surface area contributed by atoms with Crippen LogP contribution < -0.4 is 11.1 Å². The summed E-state index contributed by atoms with van der Waals surface area (Å²) in [6, 6.07) is 0. The van der Waals surface area contributed by atoms with Crippen molar-refractivity contribution in [2.45, 2.75) is 78.6 Å². The van der Waals surface area contributed by atoms with Gasteiger partial charge >= 0.3 is 0 Å². The van der Waals surface area contributed by atoms with Gasteiger partial charge in [0.15, 0.2) is 0 Å². The van der Waals surface area contributed by atoms with E-state index in [1.807, 2.05) is 0 Å². The van der Waals surface area contributed by atoms with Gasteiger partial charge in [-0.3, -0.25) is 9.59 Å². The topological polar surface area (TPSA) is 72.2 Å².